The number of aryl methyl sites for hydroxylation is 3. The molecular weight excluding hydrogens is 316 g/mol. The second-order valence-corrected chi connectivity index (χ2v) is 5.99. The number of rotatable bonds is 5. The summed E-state index contributed by atoms with van der Waals surface area (Å²) >= 11 is 3.48. The van der Waals surface area contributed by atoms with E-state index in [-0.39, 0.29) is 0 Å². The predicted octanol–water partition coefficient (Wildman–Crippen LogP) is 3.81. The fourth-order valence-corrected chi connectivity index (χ4v) is 3.02. The second-order valence-electron chi connectivity index (χ2n) is 5.08. The number of aromatic nitrogens is 2. The van der Waals surface area contributed by atoms with Crippen molar-refractivity contribution in [2.75, 3.05) is 0 Å². The highest BCUT2D eigenvalue weighted by Crippen LogP contribution is 2.24. The van der Waals surface area contributed by atoms with Crippen LogP contribution >= 0.6 is 15.9 Å². The average Bonchev–Trinajstić information content (AvgIpc) is 2.79. The zero-order valence-electron chi connectivity index (χ0n) is 12.2. The third-order valence-electron chi connectivity index (χ3n) is 3.43. The lowest BCUT2D eigenvalue weighted by Crippen LogP contribution is -2.08. The van der Waals surface area contributed by atoms with Crippen molar-refractivity contribution in [2.24, 2.45) is 0 Å². The van der Waals surface area contributed by atoms with E-state index in [1.807, 2.05) is 29.8 Å². The Hall–Kier alpha value is -1.13. The topological polar surface area (TPSA) is 38.0 Å². The predicted molar refractivity (Wildman–Crippen MR) is 84.8 cm³/mol. The van der Waals surface area contributed by atoms with Gasteiger partial charge in [0.25, 0.3) is 0 Å². The summed E-state index contributed by atoms with van der Waals surface area (Å²) in [6.07, 6.45) is 1.01. The van der Waals surface area contributed by atoms with Crippen molar-refractivity contribution in [3.8, 4) is 0 Å². The first-order valence-electron chi connectivity index (χ1n) is 7.04. The number of hydrogen-bond donors (Lipinski definition) is 1. The molecule has 0 aliphatic rings. The van der Waals surface area contributed by atoms with Gasteiger partial charge >= 0.3 is 0 Å². The molecule has 2 aromatic rings. The van der Waals surface area contributed by atoms with E-state index in [0.717, 1.165) is 40.0 Å². The molecule has 0 fully saturated rings. The van der Waals surface area contributed by atoms with Gasteiger partial charge in [0, 0.05) is 23.1 Å². The van der Waals surface area contributed by atoms with E-state index in [1.54, 1.807) is 0 Å². The number of aliphatic hydroxyl groups is 1. The van der Waals surface area contributed by atoms with Crippen LogP contribution in [0.1, 0.15) is 42.5 Å². The van der Waals surface area contributed by atoms with Crippen LogP contribution in [0.5, 0.6) is 0 Å². The minimum atomic E-state index is -0.502. The van der Waals surface area contributed by atoms with Crippen molar-refractivity contribution >= 4 is 15.9 Å². The van der Waals surface area contributed by atoms with Gasteiger partial charge in [-0.3, -0.25) is 4.68 Å². The fourth-order valence-electron chi connectivity index (χ4n) is 2.40. The minimum Gasteiger partial charge on any atom is -0.388 e. The third-order valence-corrected chi connectivity index (χ3v) is 3.89. The van der Waals surface area contributed by atoms with Crippen molar-refractivity contribution in [3.63, 3.8) is 0 Å². The second kappa shape index (κ2) is 6.55. The number of aliphatic hydroxyl groups excluding tert-OH is 1. The molecule has 0 radical (unpaired) electrons. The van der Waals surface area contributed by atoms with Crippen molar-refractivity contribution < 1.29 is 5.11 Å². The highest BCUT2D eigenvalue weighted by molar-refractivity contribution is 9.10. The van der Waals surface area contributed by atoms with E-state index in [0.29, 0.717) is 6.42 Å². The van der Waals surface area contributed by atoms with Gasteiger partial charge in [0.2, 0.25) is 0 Å². The third kappa shape index (κ3) is 3.49. The molecule has 3 nitrogen and oxygen atoms in total. The van der Waals surface area contributed by atoms with Gasteiger partial charge in [-0.25, -0.2) is 0 Å². The summed E-state index contributed by atoms with van der Waals surface area (Å²) in [7, 11) is 0. The molecule has 1 heterocycles. The zero-order chi connectivity index (χ0) is 14.7. The Morgan fingerprint density at radius 1 is 1.25 bits per heavy atom. The van der Waals surface area contributed by atoms with Gasteiger partial charge in [0.1, 0.15) is 0 Å². The van der Waals surface area contributed by atoms with E-state index in [9.17, 15) is 5.11 Å². The van der Waals surface area contributed by atoms with Crippen LogP contribution in [0.2, 0.25) is 0 Å². The lowest BCUT2D eigenvalue weighted by molar-refractivity contribution is 0.175. The highest BCUT2D eigenvalue weighted by atomic mass is 79.9. The molecule has 0 saturated carbocycles. The van der Waals surface area contributed by atoms with Crippen molar-refractivity contribution in [1.82, 2.24) is 9.78 Å². The zero-order valence-corrected chi connectivity index (χ0v) is 13.8. The number of benzene rings is 1. The summed E-state index contributed by atoms with van der Waals surface area (Å²) in [6, 6.07) is 8.15. The highest BCUT2D eigenvalue weighted by Gasteiger charge is 2.14. The Kier molecular flexibility index (Phi) is 5.00. The van der Waals surface area contributed by atoms with E-state index in [4.69, 9.17) is 0 Å². The maximum atomic E-state index is 10.5. The first kappa shape index (κ1) is 15.3. The molecule has 0 amide bonds. The maximum absolute atomic E-state index is 10.5. The summed E-state index contributed by atoms with van der Waals surface area (Å²) in [5.74, 6) is 0. The molecule has 0 spiro atoms. The standard InChI is InChI=1S/C16H21BrN2O/c1-4-14-9-15(19(5-2)18-14)10-16(20)12-6-11(3)7-13(17)8-12/h6-9,16,20H,4-5,10H2,1-3H3. The SMILES string of the molecule is CCc1cc(CC(O)c2cc(C)cc(Br)c2)n(CC)n1. The monoisotopic (exact) mass is 336 g/mol. The van der Waals surface area contributed by atoms with Gasteiger partial charge in [-0.15, -0.1) is 0 Å². The molecule has 1 unspecified atom stereocenters. The molecule has 1 atom stereocenters. The summed E-state index contributed by atoms with van der Waals surface area (Å²) in [6.45, 7) is 7.04. The van der Waals surface area contributed by atoms with Crippen LogP contribution < -0.4 is 0 Å². The van der Waals surface area contributed by atoms with Crippen LogP contribution in [0.15, 0.2) is 28.7 Å². The Balaban J connectivity index is 2.22. The van der Waals surface area contributed by atoms with Crippen LogP contribution in [-0.4, -0.2) is 14.9 Å². The lowest BCUT2D eigenvalue weighted by Gasteiger charge is -2.13. The van der Waals surface area contributed by atoms with Crippen molar-refractivity contribution in [1.29, 1.82) is 0 Å². The minimum absolute atomic E-state index is 0.502. The Morgan fingerprint density at radius 3 is 2.60 bits per heavy atom. The van der Waals surface area contributed by atoms with Crippen LogP contribution in [0.3, 0.4) is 0 Å². The molecule has 0 saturated heterocycles. The van der Waals surface area contributed by atoms with E-state index in [2.05, 4.69) is 40.9 Å². The normalized spacial score (nSPS) is 12.7. The molecule has 0 bridgehead atoms. The Labute approximate surface area is 128 Å². The first-order valence-corrected chi connectivity index (χ1v) is 7.83. The first-order chi connectivity index (χ1) is 9.53. The molecule has 2 rings (SSSR count). The molecule has 108 valence electrons. The Morgan fingerprint density at radius 2 is 2.00 bits per heavy atom. The number of nitrogens with zero attached hydrogens (tertiary/aromatic N) is 2. The van der Waals surface area contributed by atoms with Gasteiger partial charge in [-0.2, -0.15) is 5.10 Å². The molecule has 1 N–H and O–H groups in total. The van der Waals surface area contributed by atoms with Crippen LogP contribution in [-0.2, 0) is 19.4 Å². The Bertz CT molecular complexity index is 572. The average molecular weight is 337 g/mol. The van der Waals surface area contributed by atoms with Crippen molar-refractivity contribution in [3.05, 3.63) is 51.3 Å². The van der Waals surface area contributed by atoms with Gasteiger partial charge in [0.05, 0.1) is 11.8 Å². The molecule has 1 aromatic heterocycles. The smallest absolute Gasteiger partial charge is 0.0845 e. The maximum Gasteiger partial charge on any atom is 0.0845 e. The summed E-state index contributed by atoms with van der Waals surface area (Å²) in [5.41, 5.74) is 4.26. The summed E-state index contributed by atoms with van der Waals surface area (Å²) in [5, 5.41) is 15.0. The summed E-state index contributed by atoms with van der Waals surface area (Å²) in [4.78, 5) is 0. The van der Waals surface area contributed by atoms with E-state index in [1.165, 1.54) is 0 Å². The molecule has 0 aliphatic carbocycles. The van der Waals surface area contributed by atoms with Crippen molar-refractivity contribution in [2.45, 2.75) is 46.3 Å². The van der Waals surface area contributed by atoms with Gasteiger partial charge in [-0.05, 0) is 49.6 Å². The van der Waals surface area contributed by atoms with E-state index < -0.39 is 6.10 Å². The summed E-state index contributed by atoms with van der Waals surface area (Å²) < 4.78 is 2.98. The fraction of sp³-hybridized carbons (Fsp3) is 0.438. The quantitative estimate of drug-likeness (QED) is 0.901. The van der Waals surface area contributed by atoms with Gasteiger partial charge < -0.3 is 5.11 Å². The van der Waals surface area contributed by atoms with Crippen LogP contribution in [0, 0.1) is 6.92 Å². The molecule has 20 heavy (non-hydrogen) atoms. The lowest BCUT2D eigenvalue weighted by atomic mass is 10.0. The molecule has 4 heteroatoms. The number of halogens is 1. The van der Waals surface area contributed by atoms with Gasteiger partial charge in [-0.1, -0.05) is 28.9 Å². The number of hydrogen-bond acceptors (Lipinski definition) is 2. The molecule has 1 aromatic carbocycles. The van der Waals surface area contributed by atoms with Gasteiger partial charge in [0.15, 0.2) is 0 Å². The van der Waals surface area contributed by atoms with E-state index >= 15 is 0 Å². The van der Waals surface area contributed by atoms with Crippen LogP contribution in [0.25, 0.3) is 0 Å². The van der Waals surface area contributed by atoms with Crippen LogP contribution in [0.4, 0.5) is 0 Å². The molecular formula is C16H21BrN2O. The molecule has 0 aliphatic heterocycles. The largest absolute Gasteiger partial charge is 0.388 e.